The van der Waals surface area contributed by atoms with Gasteiger partial charge in [0.1, 0.15) is 0 Å². The van der Waals surface area contributed by atoms with E-state index < -0.39 is 11.6 Å². The van der Waals surface area contributed by atoms with Crippen LogP contribution in [0.1, 0.15) is 23.5 Å². The van der Waals surface area contributed by atoms with Gasteiger partial charge in [0.2, 0.25) is 0 Å². The lowest BCUT2D eigenvalue weighted by Gasteiger charge is -2.20. The van der Waals surface area contributed by atoms with E-state index in [1.54, 1.807) is 12.1 Å². The average molecular weight is 288 g/mol. The highest BCUT2D eigenvalue weighted by atomic mass is 19.2. The van der Waals surface area contributed by atoms with Gasteiger partial charge in [0.25, 0.3) is 0 Å². The third kappa shape index (κ3) is 2.63. The van der Waals surface area contributed by atoms with Crippen LogP contribution in [0, 0.1) is 11.6 Å². The van der Waals surface area contributed by atoms with Crippen molar-refractivity contribution in [1.29, 1.82) is 0 Å². The maximum atomic E-state index is 13.9. The highest BCUT2D eigenvalue weighted by Gasteiger charge is 2.28. The normalized spacial score (nSPS) is 17.1. The fourth-order valence-corrected chi connectivity index (χ4v) is 3.06. The lowest BCUT2D eigenvalue weighted by molar-refractivity contribution is 0.497. The summed E-state index contributed by atoms with van der Waals surface area (Å²) in [5, 5.41) is 0. The number of nitrogens with zero attached hydrogens (tertiary/aromatic N) is 1. The average Bonchev–Trinajstić information content (AvgIpc) is 2.83. The third-order valence-corrected chi connectivity index (χ3v) is 4.07. The van der Waals surface area contributed by atoms with E-state index in [2.05, 4.69) is 11.0 Å². The van der Waals surface area contributed by atoms with Crippen molar-refractivity contribution in [3.8, 4) is 0 Å². The smallest absolute Gasteiger partial charge is 0.163 e. The van der Waals surface area contributed by atoms with Gasteiger partial charge >= 0.3 is 0 Å². The van der Waals surface area contributed by atoms with Crippen molar-refractivity contribution < 1.29 is 8.78 Å². The summed E-state index contributed by atoms with van der Waals surface area (Å²) >= 11 is 0. The van der Waals surface area contributed by atoms with Crippen LogP contribution >= 0.6 is 0 Å². The van der Waals surface area contributed by atoms with Gasteiger partial charge in [0, 0.05) is 30.3 Å². The molecule has 1 atom stereocenters. The Balaban J connectivity index is 1.88. The SMILES string of the molecule is NCCC1CN(Cc2cccc(F)c2F)c2ccccc21. The molecule has 2 aromatic rings. The van der Waals surface area contributed by atoms with E-state index in [0.717, 1.165) is 24.7 Å². The number of hydrogen-bond acceptors (Lipinski definition) is 2. The molecule has 21 heavy (non-hydrogen) atoms. The van der Waals surface area contributed by atoms with E-state index in [-0.39, 0.29) is 0 Å². The van der Waals surface area contributed by atoms with E-state index >= 15 is 0 Å². The highest BCUT2D eigenvalue weighted by molar-refractivity contribution is 5.60. The van der Waals surface area contributed by atoms with Crippen LogP contribution < -0.4 is 10.6 Å². The van der Waals surface area contributed by atoms with Crippen molar-refractivity contribution in [2.45, 2.75) is 18.9 Å². The first-order valence-corrected chi connectivity index (χ1v) is 7.17. The predicted molar refractivity (Wildman–Crippen MR) is 80.3 cm³/mol. The van der Waals surface area contributed by atoms with Crippen molar-refractivity contribution >= 4 is 5.69 Å². The molecule has 0 aromatic heterocycles. The molecular weight excluding hydrogens is 270 g/mol. The molecule has 0 spiro atoms. The second kappa shape index (κ2) is 5.82. The van der Waals surface area contributed by atoms with Gasteiger partial charge in [-0.15, -0.1) is 0 Å². The Bertz CT molecular complexity index is 642. The second-order valence-electron chi connectivity index (χ2n) is 5.43. The molecule has 3 rings (SSSR count). The maximum Gasteiger partial charge on any atom is 0.163 e. The zero-order chi connectivity index (χ0) is 14.8. The molecule has 0 amide bonds. The minimum absolute atomic E-state index is 0.364. The summed E-state index contributed by atoms with van der Waals surface area (Å²) in [6.45, 7) is 1.80. The Morgan fingerprint density at radius 2 is 1.90 bits per heavy atom. The number of nitrogens with two attached hydrogens (primary N) is 1. The summed E-state index contributed by atoms with van der Waals surface area (Å²) in [5.74, 6) is -1.18. The largest absolute Gasteiger partial charge is 0.366 e. The molecule has 2 nitrogen and oxygen atoms in total. The van der Waals surface area contributed by atoms with E-state index in [9.17, 15) is 8.78 Å². The van der Waals surface area contributed by atoms with Gasteiger partial charge in [-0.1, -0.05) is 30.3 Å². The molecule has 2 aromatic carbocycles. The summed E-state index contributed by atoms with van der Waals surface area (Å²) in [5.41, 5.74) is 8.41. The van der Waals surface area contributed by atoms with Gasteiger partial charge in [0.15, 0.2) is 11.6 Å². The maximum absolute atomic E-state index is 13.9. The van der Waals surface area contributed by atoms with Crippen LogP contribution in [0.2, 0.25) is 0 Å². The van der Waals surface area contributed by atoms with Crippen molar-refractivity contribution in [2.75, 3.05) is 18.0 Å². The molecule has 1 aliphatic rings. The van der Waals surface area contributed by atoms with Crippen LogP contribution in [0.3, 0.4) is 0 Å². The Morgan fingerprint density at radius 1 is 1.10 bits per heavy atom. The Hall–Kier alpha value is -1.94. The molecule has 1 unspecified atom stereocenters. The van der Waals surface area contributed by atoms with Gasteiger partial charge in [-0.2, -0.15) is 0 Å². The highest BCUT2D eigenvalue weighted by Crippen LogP contribution is 2.38. The topological polar surface area (TPSA) is 29.3 Å². The molecule has 0 radical (unpaired) electrons. The summed E-state index contributed by atoms with van der Waals surface area (Å²) in [4.78, 5) is 2.10. The Morgan fingerprint density at radius 3 is 2.71 bits per heavy atom. The van der Waals surface area contributed by atoms with Crippen LogP contribution in [-0.2, 0) is 6.54 Å². The standard InChI is InChI=1S/C17H18F2N2/c18-15-6-3-4-13(17(15)19)11-21-10-12(8-9-20)14-5-1-2-7-16(14)21/h1-7,12H,8-11,20H2. The number of halogens is 2. The lowest BCUT2D eigenvalue weighted by atomic mass is 9.98. The van der Waals surface area contributed by atoms with Crippen molar-refractivity contribution in [2.24, 2.45) is 5.73 Å². The summed E-state index contributed by atoms with van der Waals surface area (Å²) < 4.78 is 27.2. The van der Waals surface area contributed by atoms with Gasteiger partial charge < -0.3 is 10.6 Å². The van der Waals surface area contributed by atoms with Gasteiger partial charge in [-0.05, 0) is 30.7 Å². The minimum atomic E-state index is -0.793. The fraction of sp³-hybridized carbons (Fsp3) is 0.294. The van der Waals surface area contributed by atoms with E-state index in [0.29, 0.717) is 24.6 Å². The van der Waals surface area contributed by atoms with Crippen molar-refractivity contribution in [1.82, 2.24) is 0 Å². The van der Waals surface area contributed by atoms with Gasteiger partial charge in [-0.3, -0.25) is 0 Å². The first-order chi connectivity index (χ1) is 10.2. The number of para-hydroxylation sites is 1. The van der Waals surface area contributed by atoms with E-state index in [1.807, 2.05) is 18.2 Å². The predicted octanol–water partition coefficient (Wildman–Crippen LogP) is 3.42. The molecule has 0 aliphatic carbocycles. The number of fused-ring (bicyclic) bond motifs is 1. The summed E-state index contributed by atoms with van der Waals surface area (Å²) in [6, 6.07) is 12.4. The van der Waals surface area contributed by atoms with E-state index in [4.69, 9.17) is 5.73 Å². The van der Waals surface area contributed by atoms with Crippen LogP contribution in [0.5, 0.6) is 0 Å². The molecule has 4 heteroatoms. The van der Waals surface area contributed by atoms with Crippen molar-refractivity contribution in [3.05, 3.63) is 65.2 Å². The summed E-state index contributed by atoms with van der Waals surface area (Å²) in [6.07, 6.45) is 0.902. The number of anilines is 1. The number of benzene rings is 2. The first kappa shape index (κ1) is 14.0. The molecular formula is C17H18F2N2. The number of rotatable bonds is 4. The van der Waals surface area contributed by atoms with Gasteiger partial charge in [-0.25, -0.2) is 8.78 Å². The quantitative estimate of drug-likeness (QED) is 0.934. The van der Waals surface area contributed by atoms with Gasteiger partial charge in [0.05, 0.1) is 0 Å². The van der Waals surface area contributed by atoms with Crippen LogP contribution in [-0.4, -0.2) is 13.1 Å². The molecule has 2 N–H and O–H groups in total. The van der Waals surface area contributed by atoms with Crippen LogP contribution in [0.15, 0.2) is 42.5 Å². The summed E-state index contributed by atoms with van der Waals surface area (Å²) in [7, 11) is 0. The molecule has 110 valence electrons. The molecule has 0 saturated heterocycles. The molecule has 0 saturated carbocycles. The minimum Gasteiger partial charge on any atom is -0.366 e. The lowest BCUT2D eigenvalue weighted by Crippen LogP contribution is -2.23. The fourth-order valence-electron chi connectivity index (χ4n) is 3.06. The number of hydrogen-bond donors (Lipinski definition) is 1. The van der Waals surface area contributed by atoms with Crippen LogP contribution in [0.25, 0.3) is 0 Å². The monoisotopic (exact) mass is 288 g/mol. The molecule has 1 aliphatic heterocycles. The third-order valence-electron chi connectivity index (χ3n) is 4.07. The zero-order valence-corrected chi connectivity index (χ0v) is 11.7. The zero-order valence-electron chi connectivity index (χ0n) is 11.7. The Labute approximate surface area is 123 Å². The van der Waals surface area contributed by atoms with Crippen molar-refractivity contribution in [3.63, 3.8) is 0 Å². The van der Waals surface area contributed by atoms with E-state index in [1.165, 1.54) is 5.56 Å². The molecule has 1 heterocycles. The first-order valence-electron chi connectivity index (χ1n) is 7.17. The molecule has 0 fully saturated rings. The second-order valence-corrected chi connectivity index (χ2v) is 5.43. The molecule has 0 bridgehead atoms. The Kier molecular flexibility index (Phi) is 3.88. The van der Waals surface area contributed by atoms with Crippen LogP contribution in [0.4, 0.5) is 14.5 Å².